The predicted molar refractivity (Wildman–Crippen MR) is 106 cm³/mol. The molecular weight excluding hydrogens is 362 g/mol. The third kappa shape index (κ3) is 2.79. The zero-order chi connectivity index (χ0) is 18.3. The average molecular weight is 377 g/mol. The van der Waals surface area contributed by atoms with Crippen molar-refractivity contribution in [2.45, 2.75) is 18.1 Å². The zero-order valence-electron chi connectivity index (χ0n) is 14.0. The first-order valence-electron chi connectivity index (χ1n) is 8.11. The molecule has 26 heavy (non-hydrogen) atoms. The summed E-state index contributed by atoms with van der Waals surface area (Å²) in [5.74, 6) is -0.417. The Balaban J connectivity index is 1.75. The summed E-state index contributed by atoms with van der Waals surface area (Å²) in [6.07, 6.45) is 0. The van der Waals surface area contributed by atoms with Gasteiger partial charge in [0.15, 0.2) is 5.01 Å². The lowest BCUT2D eigenvalue weighted by atomic mass is 9.87. The van der Waals surface area contributed by atoms with Gasteiger partial charge in [-0.2, -0.15) is 5.26 Å². The van der Waals surface area contributed by atoms with Crippen molar-refractivity contribution in [2.24, 2.45) is 5.73 Å². The molecule has 1 aliphatic rings. The van der Waals surface area contributed by atoms with Crippen molar-refractivity contribution in [3.63, 3.8) is 0 Å². The van der Waals surface area contributed by atoms with Crippen molar-refractivity contribution >= 4 is 39.1 Å². The Hall–Kier alpha value is -2.62. The van der Waals surface area contributed by atoms with E-state index in [1.165, 1.54) is 23.1 Å². The van der Waals surface area contributed by atoms with Crippen molar-refractivity contribution in [3.05, 3.63) is 75.3 Å². The predicted octanol–water partition coefficient (Wildman–Crippen LogP) is 4.38. The van der Waals surface area contributed by atoms with Gasteiger partial charge in [0.05, 0.1) is 32.1 Å². The lowest BCUT2D eigenvalue weighted by Crippen LogP contribution is -2.23. The van der Waals surface area contributed by atoms with Gasteiger partial charge in [0.2, 0.25) is 5.78 Å². The second-order valence-corrected chi connectivity index (χ2v) is 8.38. The number of nitrogens with zero attached hydrogens (tertiary/aromatic N) is 2. The highest BCUT2D eigenvalue weighted by atomic mass is 32.2. The van der Waals surface area contributed by atoms with Crippen LogP contribution in [0, 0.1) is 18.3 Å². The van der Waals surface area contributed by atoms with Crippen LogP contribution in [0.25, 0.3) is 10.2 Å². The maximum atomic E-state index is 13.2. The summed E-state index contributed by atoms with van der Waals surface area (Å²) in [4.78, 5) is 17.7. The van der Waals surface area contributed by atoms with E-state index in [4.69, 9.17) is 5.73 Å². The van der Waals surface area contributed by atoms with Crippen molar-refractivity contribution in [3.8, 4) is 6.07 Å². The maximum absolute atomic E-state index is 13.2. The summed E-state index contributed by atoms with van der Waals surface area (Å²) < 4.78 is 0.979. The third-order valence-corrected chi connectivity index (χ3v) is 6.72. The molecular formula is C20H15N3OS2. The van der Waals surface area contributed by atoms with Gasteiger partial charge in [-0.15, -0.1) is 11.3 Å². The fourth-order valence-electron chi connectivity index (χ4n) is 3.12. The van der Waals surface area contributed by atoms with Gasteiger partial charge in [0.1, 0.15) is 0 Å². The van der Waals surface area contributed by atoms with Crippen LogP contribution in [0.5, 0.6) is 0 Å². The van der Waals surface area contributed by atoms with E-state index >= 15 is 0 Å². The number of carbonyl (C=O) groups is 1. The van der Waals surface area contributed by atoms with Crippen molar-refractivity contribution in [1.29, 1.82) is 5.26 Å². The number of thiazole rings is 1. The van der Waals surface area contributed by atoms with Crippen LogP contribution in [-0.2, 0) is 0 Å². The molecule has 3 aromatic rings. The standard InChI is InChI=1S/C20H15N3OS2/c1-11-6-8-12(9-7-11)16-13(10-21)19(22)26-18(16)17(24)20-23-14-4-2-3-5-15(14)25-20/h2-9,16,18H,22H2,1H3/t16-,18-/m1/s1. The zero-order valence-corrected chi connectivity index (χ0v) is 15.6. The first-order chi connectivity index (χ1) is 12.6. The molecule has 6 heteroatoms. The summed E-state index contributed by atoms with van der Waals surface area (Å²) in [5, 5.41) is 10.0. The van der Waals surface area contributed by atoms with Crippen molar-refractivity contribution in [2.75, 3.05) is 0 Å². The lowest BCUT2D eigenvalue weighted by Gasteiger charge is -2.18. The Morgan fingerprint density at radius 1 is 1.19 bits per heavy atom. The number of allylic oxidation sites excluding steroid dienone is 1. The molecule has 0 saturated heterocycles. The van der Waals surface area contributed by atoms with Crippen LogP contribution < -0.4 is 5.73 Å². The van der Waals surface area contributed by atoms with E-state index in [2.05, 4.69) is 11.1 Å². The molecule has 0 fully saturated rings. The molecule has 4 rings (SSSR count). The molecule has 0 bridgehead atoms. The molecule has 0 aliphatic carbocycles. The van der Waals surface area contributed by atoms with Gasteiger partial charge in [0, 0.05) is 5.92 Å². The van der Waals surface area contributed by atoms with Crippen molar-refractivity contribution in [1.82, 2.24) is 4.98 Å². The minimum Gasteiger partial charge on any atom is -0.393 e. The number of nitriles is 1. The summed E-state index contributed by atoms with van der Waals surface area (Å²) in [7, 11) is 0. The molecule has 1 aliphatic heterocycles. The second-order valence-electron chi connectivity index (χ2n) is 6.17. The molecule has 2 aromatic carbocycles. The monoisotopic (exact) mass is 377 g/mol. The molecule has 2 heterocycles. The number of carbonyl (C=O) groups excluding carboxylic acids is 1. The number of rotatable bonds is 3. The summed E-state index contributed by atoms with van der Waals surface area (Å²) >= 11 is 2.66. The minimum absolute atomic E-state index is 0.0741. The van der Waals surface area contributed by atoms with Gasteiger partial charge in [-0.25, -0.2) is 4.98 Å². The topological polar surface area (TPSA) is 79.8 Å². The van der Waals surface area contributed by atoms with Gasteiger partial charge in [-0.05, 0) is 24.6 Å². The van der Waals surface area contributed by atoms with E-state index in [-0.39, 0.29) is 11.7 Å². The number of para-hydroxylation sites is 1. The molecule has 2 atom stereocenters. The average Bonchev–Trinajstić information content (AvgIpc) is 3.22. The quantitative estimate of drug-likeness (QED) is 0.685. The highest BCUT2D eigenvalue weighted by molar-refractivity contribution is 8.04. The summed E-state index contributed by atoms with van der Waals surface area (Å²) in [5.41, 5.74) is 9.43. The first-order valence-corrected chi connectivity index (χ1v) is 9.81. The van der Waals surface area contributed by atoms with Crippen LogP contribution in [0.15, 0.2) is 59.1 Å². The normalized spacial score (nSPS) is 19.7. The van der Waals surface area contributed by atoms with Crippen LogP contribution in [0.2, 0.25) is 0 Å². The molecule has 0 radical (unpaired) electrons. The van der Waals surface area contributed by atoms with Crippen molar-refractivity contribution < 1.29 is 4.79 Å². The number of hydrogen-bond donors (Lipinski definition) is 1. The Bertz CT molecular complexity index is 1040. The van der Waals surface area contributed by atoms with E-state index < -0.39 is 5.25 Å². The number of fused-ring (bicyclic) bond motifs is 1. The fourth-order valence-corrected chi connectivity index (χ4v) is 5.36. The highest BCUT2D eigenvalue weighted by Crippen LogP contribution is 2.47. The van der Waals surface area contributed by atoms with Gasteiger partial charge in [-0.1, -0.05) is 53.7 Å². The summed E-state index contributed by atoms with van der Waals surface area (Å²) in [6.45, 7) is 2.01. The van der Waals surface area contributed by atoms with E-state index in [9.17, 15) is 10.1 Å². The van der Waals surface area contributed by atoms with Crippen LogP contribution in [0.1, 0.15) is 26.8 Å². The maximum Gasteiger partial charge on any atom is 0.205 e. The SMILES string of the molecule is Cc1ccc([C@@H]2C(C#N)=C(N)S[C@H]2C(=O)c2nc3ccccc3s2)cc1. The molecule has 0 spiro atoms. The van der Waals surface area contributed by atoms with E-state index in [0.29, 0.717) is 15.6 Å². The lowest BCUT2D eigenvalue weighted by molar-refractivity contribution is 0.0985. The number of aromatic nitrogens is 1. The van der Waals surface area contributed by atoms with Gasteiger partial charge < -0.3 is 5.73 Å². The number of Topliss-reactive ketones (excluding diaryl/α,β-unsaturated/α-hetero) is 1. The van der Waals surface area contributed by atoms with Crippen LogP contribution in [0.3, 0.4) is 0 Å². The van der Waals surface area contributed by atoms with Gasteiger partial charge in [-0.3, -0.25) is 4.79 Å². The van der Waals surface area contributed by atoms with Gasteiger partial charge in [0.25, 0.3) is 0 Å². The molecule has 128 valence electrons. The molecule has 0 unspecified atom stereocenters. The fraction of sp³-hybridized carbons (Fsp3) is 0.150. The Morgan fingerprint density at radius 2 is 1.92 bits per heavy atom. The Kier molecular flexibility index (Phi) is 4.27. The molecule has 1 aromatic heterocycles. The number of nitrogens with two attached hydrogens (primary N) is 1. The molecule has 4 nitrogen and oxygen atoms in total. The number of ketones is 1. The van der Waals surface area contributed by atoms with E-state index in [1.54, 1.807) is 0 Å². The summed E-state index contributed by atoms with van der Waals surface area (Å²) in [6, 6.07) is 17.8. The smallest absolute Gasteiger partial charge is 0.205 e. The van der Waals surface area contributed by atoms with Crippen LogP contribution in [0.4, 0.5) is 0 Å². The molecule has 0 amide bonds. The number of thioether (sulfide) groups is 1. The van der Waals surface area contributed by atoms with Crippen LogP contribution in [-0.4, -0.2) is 16.0 Å². The minimum atomic E-state index is -0.465. The Labute approximate surface area is 159 Å². The molecule has 0 saturated carbocycles. The second kappa shape index (κ2) is 6.60. The third-order valence-electron chi connectivity index (χ3n) is 4.45. The Morgan fingerprint density at radius 3 is 2.62 bits per heavy atom. The van der Waals surface area contributed by atoms with E-state index in [0.717, 1.165) is 21.3 Å². The number of aryl methyl sites for hydroxylation is 1. The largest absolute Gasteiger partial charge is 0.393 e. The van der Waals surface area contributed by atoms with E-state index in [1.807, 2.05) is 55.5 Å². The van der Waals surface area contributed by atoms with Crippen LogP contribution >= 0.6 is 23.1 Å². The molecule has 2 N–H and O–H groups in total. The number of hydrogen-bond acceptors (Lipinski definition) is 6. The first kappa shape index (κ1) is 16.8. The van der Waals surface area contributed by atoms with Gasteiger partial charge >= 0.3 is 0 Å². The highest BCUT2D eigenvalue weighted by Gasteiger charge is 2.41. The number of benzene rings is 2.